The molecule has 0 aromatic carbocycles. The number of phosphoric acid groups is 2. The monoisotopic (exact) mass is 1450 g/mol. The van der Waals surface area contributed by atoms with E-state index in [2.05, 4.69) is 55.4 Å². The summed E-state index contributed by atoms with van der Waals surface area (Å²) < 4.78 is 68.5. The van der Waals surface area contributed by atoms with Gasteiger partial charge in [-0.1, -0.05) is 357 Å². The van der Waals surface area contributed by atoms with Crippen LogP contribution in [-0.4, -0.2) is 96.7 Å². The minimum Gasteiger partial charge on any atom is -0.462 e. The first kappa shape index (κ1) is 97.1. The third-order valence-corrected chi connectivity index (χ3v) is 20.5. The van der Waals surface area contributed by atoms with Gasteiger partial charge in [-0.15, -0.1) is 0 Å². The van der Waals surface area contributed by atoms with E-state index in [9.17, 15) is 43.2 Å². The van der Waals surface area contributed by atoms with E-state index in [-0.39, 0.29) is 25.7 Å². The summed E-state index contributed by atoms with van der Waals surface area (Å²) in [5.41, 5.74) is 0. The van der Waals surface area contributed by atoms with E-state index in [1.807, 2.05) is 0 Å². The summed E-state index contributed by atoms with van der Waals surface area (Å²) in [4.78, 5) is 72.8. The van der Waals surface area contributed by atoms with E-state index in [4.69, 9.17) is 37.0 Å². The summed E-state index contributed by atoms with van der Waals surface area (Å²) in [6.07, 6.45) is 56.0. The summed E-state index contributed by atoms with van der Waals surface area (Å²) in [6, 6.07) is 0. The minimum atomic E-state index is -4.96. The van der Waals surface area contributed by atoms with Crippen LogP contribution in [0.1, 0.15) is 409 Å². The fourth-order valence-corrected chi connectivity index (χ4v) is 13.8. The number of carbonyl (C=O) groups excluding carboxylic acids is 4. The van der Waals surface area contributed by atoms with Crippen LogP contribution in [-0.2, 0) is 65.4 Å². The van der Waals surface area contributed by atoms with Crippen LogP contribution in [0.2, 0.25) is 0 Å². The lowest BCUT2D eigenvalue weighted by molar-refractivity contribution is -0.161. The van der Waals surface area contributed by atoms with Gasteiger partial charge in [-0.25, -0.2) is 9.13 Å². The van der Waals surface area contributed by atoms with E-state index < -0.39 is 97.5 Å². The van der Waals surface area contributed by atoms with Crippen LogP contribution >= 0.6 is 15.6 Å². The van der Waals surface area contributed by atoms with Gasteiger partial charge in [-0.05, 0) is 49.4 Å². The Balaban J connectivity index is 5.17. The van der Waals surface area contributed by atoms with Gasteiger partial charge >= 0.3 is 39.5 Å². The minimum absolute atomic E-state index is 0.101. The lowest BCUT2D eigenvalue weighted by Gasteiger charge is -2.21. The molecular formula is C80H156O17P2. The molecule has 0 saturated heterocycles. The molecule has 0 aliphatic rings. The van der Waals surface area contributed by atoms with Crippen molar-refractivity contribution in [1.29, 1.82) is 0 Å². The van der Waals surface area contributed by atoms with Gasteiger partial charge in [-0.3, -0.25) is 37.3 Å². The molecule has 0 aromatic rings. The number of hydrogen-bond acceptors (Lipinski definition) is 15. The average Bonchev–Trinajstić information content (AvgIpc) is 1.02. The lowest BCUT2D eigenvalue weighted by Crippen LogP contribution is -2.30. The van der Waals surface area contributed by atoms with Crippen molar-refractivity contribution in [3.63, 3.8) is 0 Å². The molecule has 3 N–H and O–H groups in total. The molecule has 0 spiro atoms. The molecule has 588 valence electrons. The third kappa shape index (κ3) is 74.1. The van der Waals surface area contributed by atoms with E-state index in [0.29, 0.717) is 37.5 Å². The Bertz CT molecular complexity index is 1940. The molecule has 19 heteroatoms. The lowest BCUT2D eigenvalue weighted by atomic mass is 10.0. The van der Waals surface area contributed by atoms with Gasteiger partial charge in [0.1, 0.15) is 19.3 Å². The Morgan fingerprint density at radius 1 is 0.253 bits per heavy atom. The largest absolute Gasteiger partial charge is 0.472 e. The maximum atomic E-state index is 13.1. The van der Waals surface area contributed by atoms with Gasteiger partial charge in [0.05, 0.1) is 26.4 Å². The van der Waals surface area contributed by atoms with E-state index >= 15 is 0 Å². The Morgan fingerprint density at radius 2 is 0.424 bits per heavy atom. The first-order valence-electron chi connectivity index (χ1n) is 41.2. The molecule has 0 aliphatic carbocycles. The van der Waals surface area contributed by atoms with Crippen molar-refractivity contribution in [2.24, 2.45) is 23.7 Å². The molecule has 99 heavy (non-hydrogen) atoms. The molecule has 0 heterocycles. The molecule has 0 bridgehead atoms. The normalized spacial score (nSPS) is 14.1. The average molecular weight is 1450 g/mol. The summed E-state index contributed by atoms with van der Waals surface area (Å²) in [5.74, 6) is 0.885. The topological polar surface area (TPSA) is 237 Å². The van der Waals surface area contributed by atoms with Crippen molar-refractivity contribution in [3.05, 3.63) is 0 Å². The van der Waals surface area contributed by atoms with Crippen LogP contribution < -0.4 is 0 Å². The number of hydrogen-bond donors (Lipinski definition) is 3. The number of aliphatic hydroxyl groups excluding tert-OH is 1. The molecule has 17 nitrogen and oxygen atoms in total. The van der Waals surface area contributed by atoms with Gasteiger partial charge in [0.25, 0.3) is 0 Å². The molecule has 0 radical (unpaired) electrons. The first-order valence-corrected chi connectivity index (χ1v) is 44.2. The van der Waals surface area contributed by atoms with Crippen molar-refractivity contribution >= 4 is 39.5 Å². The van der Waals surface area contributed by atoms with Crippen molar-refractivity contribution in [2.75, 3.05) is 39.6 Å². The molecule has 0 aromatic heterocycles. The summed E-state index contributed by atoms with van der Waals surface area (Å²) in [7, 11) is -9.91. The van der Waals surface area contributed by atoms with E-state index in [1.165, 1.54) is 205 Å². The molecular weight excluding hydrogens is 1290 g/mol. The second-order valence-electron chi connectivity index (χ2n) is 30.7. The number of aliphatic hydroxyl groups is 1. The number of ether oxygens (including phenoxy) is 4. The van der Waals surface area contributed by atoms with Crippen LogP contribution in [0.15, 0.2) is 0 Å². The van der Waals surface area contributed by atoms with Gasteiger partial charge < -0.3 is 33.8 Å². The number of esters is 4. The molecule has 0 saturated carbocycles. The van der Waals surface area contributed by atoms with Crippen LogP contribution in [0.3, 0.4) is 0 Å². The van der Waals surface area contributed by atoms with Crippen LogP contribution in [0.25, 0.3) is 0 Å². The smallest absolute Gasteiger partial charge is 0.462 e. The zero-order valence-electron chi connectivity index (χ0n) is 65.1. The standard InChI is InChI=1S/C80H156O17P2/c1-70(2)56-48-40-32-27-23-19-15-11-9-10-12-17-21-25-29-35-44-52-60-77(82)90-66-75(96-79(84)62-54-46-36-30-26-22-18-14-13-16-20-24-28-33-41-49-57-71(3)4)68-94-98(86,87)92-64-74(81)65-93-99(88,89)95-69-76(97-80(85)63-55-47-39-38-43-51-59-73(7)8)67-91-78(83)61-53-45-37-31-34-42-50-58-72(5)6/h70-76,81H,9-69H2,1-8H3,(H,86,87)(H,88,89)/t74?,75-,76-/m1/s1. The number of unbranched alkanes of at least 4 members (excludes halogenated alkanes) is 43. The highest BCUT2D eigenvalue weighted by atomic mass is 31.2. The van der Waals surface area contributed by atoms with Crippen molar-refractivity contribution in [1.82, 2.24) is 0 Å². The molecule has 3 unspecified atom stereocenters. The Kier molecular flexibility index (Phi) is 67.8. The maximum Gasteiger partial charge on any atom is 0.472 e. The maximum absolute atomic E-state index is 13.1. The Labute approximate surface area is 607 Å². The number of carbonyl (C=O) groups is 4. The van der Waals surface area contributed by atoms with Crippen LogP contribution in [0.5, 0.6) is 0 Å². The van der Waals surface area contributed by atoms with Gasteiger partial charge in [-0.2, -0.15) is 0 Å². The second-order valence-corrected chi connectivity index (χ2v) is 33.6. The van der Waals surface area contributed by atoms with Crippen LogP contribution in [0.4, 0.5) is 0 Å². The number of phosphoric ester groups is 2. The zero-order chi connectivity index (χ0) is 73.1. The fourth-order valence-electron chi connectivity index (χ4n) is 12.3. The summed E-state index contributed by atoms with van der Waals surface area (Å²) in [6.45, 7) is 14.1. The van der Waals surface area contributed by atoms with Crippen molar-refractivity contribution < 1.29 is 80.2 Å². The van der Waals surface area contributed by atoms with Gasteiger partial charge in [0.15, 0.2) is 12.2 Å². The van der Waals surface area contributed by atoms with Gasteiger partial charge in [0, 0.05) is 25.7 Å². The predicted octanol–water partition coefficient (Wildman–Crippen LogP) is 23.6. The first-order chi connectivity index (χ1) is 47.6. The quantitative estimate of drug-likeness (QED) is 0.0222. The fraction of sp³-hybridized carbons (Fsp3) is 0.950. The highest BCUT2D eigenvalue weighted by molar-refractivity contribution is 7.47. The summed E-state index contributed by atoms with van der Waals surface area (Å²) >= 11 is 0. The van der Waals surface area contributed by atoms with Gasteiger partial charge in [0.2, 0.25) is 0 Å². The van der Waals surface area contributed by atoms with E-state index in [0.717, 1.165) is 108 Å². The van der Waals surface area contributed by atoms with Crippen LogP contribution in [0, 0.1) is 23.7 Å². The molecule has 0 amide bonds. The molecule has 0 rings (SSSR count). The van der Waals surface area contributed by atoms with Crippen molar-refractivity contribution in [3.8, 4) is 0 Å². The highest BCUT2D eigenvalue weighted by Crippen LogP contribution is 2.45. The SMILES string of the molecule is CC(C)CCCCCCCCCCCCCCCCCCCCC(=O)OC[C@H](COP(=O)(O)OCC(O)COP(=O)(O)OC[C@@H](COC(=O)CCCCCCCCCC(C)C)OC(=O)CCCCCCCCC(C)C)OC(=O)CCCCCCCCCCCCCCCCCCC(C)C. The van der Waals surface area contributed by atoms with E-state index in [1.54, 1.807) is 0 Å². The number of rotatable bonds is 77. The molecule has 0 fully saturated rings. The predicted molar refractivity (Wildman–Crippen MR) is 404 cm³/mol. The highest BCUT2D eigenvalue weighted by Gasteiger charge is 2.30. The zero-order valence-corrected chi connectivity index (χ0v) is 66.9. The van der Waals surface area contributed by atoms with Crippen molar-refractivity contribution in [2.45, 2.75) is 427 Å². The second kappa shape index (κ2) is 69.1. The summed E-state index contributed by atoms with van der Waals surface area (Å²) in [5, 5.41) is 10.6. The Hall–Kier alpha value is -1.94. The molecule has 5 atom stereocenters. The molecule has 0 aliphatic heterocycles. The Morgan fingerprint density at radius 3 is 0.626 bits per heavy atom. The third-order valence-electron chi connectivity index (χ3n) is 18.6.